The molecule has 3 N–H and O–H groups in total. The fraction of sp³-hybridized carbons (Fsp3) is 0.292. The number of benzene rings is 2. The molecule has 194 valence electrons. The number of hydrogen-bond donors (Lipinski definition) is 3. The summed E-state index contributed by atoms with van der Waals surface area (Å²) in [4.78, 5) is 23.7. The van der Waals surface area contributed by atoms with Crippen LogP contribution in [-0.2, 0) is 11.3 Å². The number of aromatic amines is 1. The summed E-state index contributed by atoms with van der Waals surface area (Å²) >= 11 is 0. The molecule has 2 amide bonds. The van der Waals surface area contributed by atoms with Gasteiger partial charge in [0.2, 0.25) is 0 Å². The molecule has 0 unspecified atom stereocenters. The first-order valence-corrected chi connectivity index (χ1v) is 10.6. The van der Waals surface area contributed by atoms with Crippen LogP contribution < -0.4 is 14.8 Å². The minimum Gasteiger partial charge on any atom is -0.497 e. The van der Waals surface area contributed by atoms with Crippen LogP contribution in [0.3, 0.4) is 0 Å². The van der Waals surface area contributed by atoms with Crippen LogP contribution >= 0.6 is 0 Å². The van der Waals surface area contributed by atoms with Crippen molar-refractivity contribution in [2.24, 2.45) is 0 Å². The number of H-pyrrole nitrogens is 1. The SMILES string of the molecule is COc1cccc(CN(C(=O)Nc2ccc(-c3cn[nH]c3)cc2OC)C(C)C)c1.O=C(O)C(F)(F)F. The Hall–Kier alpha value is -4.22. The largest absolute Gasteiger partial charge is 0.497 e. The number of alkyl halides is 3. The highest BCUT2D eigenvalue weighted by molar-refractivity contribution is 5.91. The summed E-state index contributed by atoms with van der Waals surface area (Å²) in [6, 6.07) is 13.2. The van der Waals surface area contributed by atoms with Crippen molar-refractivity contribution in [2.75, 3.05) is 19.5 Å². The second kappa shape index (κ2) is 12.5. The van der Waals surface area contributed by atoms with Gasteiger partial charge in [-0.05, 0) is 49.2 Å². The minimum absolute atomic E-state index is 0.0115. The lowest BCUT2D eigenvalue weighted by Crippen LogP contribution is -2.39. The Balaban J connectivity index is 0.000000572. The normalized spacial score (nSPS) is 10.8. The summed E-state index contributed by atoms with van der Waals surface area (Å²) in [6.45, 7) is 4.44. The zero-order chi connectivity index (χ0) is 26.9. The number of urea groups is 1. The first kappa shape index (κ1) is 28.0. The molecule has 0 bridgehead atoms. The van der Waals surface area contributed by atoms with Crippen molar-refractivity contribution >= 4 is 17.7 Å². The summed E-state index contributed by atoms with van der Waals surface area (Å²) in [5.74, 6) is -1.40. The number of aromatic nitrogens is 2. The van der Waals surface area contributed by atoms with Gasteiger partial charge < -0.3 is 24.8 Å². The molecule has 9 nitrogen and oxygen atoms in total. The molecule has 0 radical (unpaired) electrons. The van der Waals surface area contributed by atoms with E-state index in [0.29, 0.717) is 18.0 Å². The van der Waals surface area contributed by atoms with Crippen molar-refractivity contribution in [1.82, 2.24) is 15.1 Å². The Morgan fingerprint density at radius 1 is 1.11 bits per heavy atom. The maximum absolute atomic E-state index is 13.0. The number of carbonyl (C=O) groups excluding carboxylic acids is 1. The maximum Gasteiger partial charge on any atom is 0.490 e. The Kier molecular flexibility index (Phi) is 9.71. The Morgan fingerprint density at radius 2 is 1.81 bits per heavy atom. The zero-order valence-electron chi connectivity index (χ0n) is 20.1. The fourth-order valence-corrected chi connectivity index (χ4v) is 3.03. The van der Waals surface area contributed by atoms with Crippen LogP contribution in [0.25, 0.3) is 11.1 Å². The summed E-state index contributed by atoms with van der Waals surface area (Å²) in [7, 11) is 3.21. The average molecular weight is 508 g/mol. The van der Waals surface area contributed by atoms with Gasteiger partial charge in [-0.25, -0.2) is 9.59 Å². The molecule has 0 aliphatic heterocycles. The molecular weight excluding hydrogens is 481 g/mol. The number of carbonyl (C=O) groups is 2. The van der Waals surface area contributed by atoms with E-state index in [-0.39, 0.29) is 12.1 Å². The smallest absolute Gasteiger partial charge is 0.490 e. The molecule has 0 spiro atoms. The number of carboxylic acid groups (broad SMARTS) is 1. The Bertz CT molecular complexity index is 1150. The molecule has 2 aromatic carbocycles. The third-order valence-corrected chi connectivity index (χ3v) is 4.89. The number of rotatable bonds is 7. The summed E-state index contributed by atoms with van der Waals surface area (Å²) in [6.07, 6.45) is -1.54. The number of anilines is 1. The van der Waals surface area contributed by atoms with Gasteiger partial charge in [-0.3, -0.25) is 5.10 Å². The minimum atomic E-state index is -5.08. The predicted octanol–water partition coefficient (Wildman–Crippen LogP) is 5.17. The van der Waals surface area contributed by atoms with Gasteiger partial charge >= 0.3 is 18.2 Å². The van der Waals surface area contributed by atoms with Crippen LogP contribution in [0, 0.1) is 0 Å². The van der Waals surface area contributed by atoms with E-state index < -0.39 is 12.1 Å². The highest BCUT2D eigenvalue weighted by Crippen LogP contribution is 2.31. The van der Waals surface area contributed by atoms with Crippen LogP contribution in [0.2, 0.25) is 0 Å². The number of aliphatic carboxylic acids is 1. The molecule has 3 rings (SSSR count). The molecule has 12 heteroatoms. The van der Waals surface area contributed by atoms with E-state index in [0.717, 1.165) is 22.4 Å². The number of methoxy groups -OCH3 is 2. The highest BCUT2D eigenvalue weighted by atomic mass is 19.4. The van der Waals surface area contributed by atoms with Crippen molar-refractivity contribution in [3.05, 3.63) is 60.4 Å². The van der Waals surface area contributed by atoms with Crippen molar-refractivity contribution in [3.63, 3.8) is 0 Å². The number of hydrogen-bond acceptors (Lipinski definition) is 5. The number of carboxylic acids is 1. The second-order valence-electron chi connectivity index (χ2n) is 7.71. The van der Waals surface area contributed by atoms with Gasteiger partial charge in [0.05, 0.1) is 26.1 Å². The van der Waals surface area contributed by atoms with Gasteiger partial charge in [0.1, 0.15) is 11.5 Å². The van der Waals surface area contributed by atoms with E-state index >= 15 is 0 Å². The molecule has 36 heavy (non-hydrogen) atoms. The molecule has 0 aliphatic carbocycles. The lowest BCUT2D eigenvalue weighted by Gasteiger charge is -2.27. The van der Waals surface area contributed by atoms with Gasteiger partial charge in [-0.1, -0.05) is 18.2 Å². The lowest BCUT2D eigenvalue weighted by atomic mass is 10.1. The molecule has 0 atom stereocenters. The molecule has 1 aromatic heterocycles. The molecule has 0 fully saturated rings. The van der Waals surface area contributed by atoms with E-state index in [4.69, 9.17) is 19.4 Å². The van der Waals surface area contributed by atoms with E-state index in [2.05, 4.69) is 15.5 Å². The van der Waals surface area contributed by atoms with Gasteiger partial charge in [0, 0.05) is 24.3 Å². The molecular formula is C24H27F3N4O5. The van der Waals surface area contributed by atoms with Gasteiger partial charge in [0.15, 0.2) is 0 Å². The number of amides is 2. The summed E-state index contributed by atoms with van der Waals surface area (Å²) in [5, 5.41) is 16.9. The van der Waals surface area contributed by atoms with Crippen LogP contribution in [0.15, 0.2) is 54.9 Å². The van der Waals surface area contributed by atoms with Gasteiger partial charge in [-0.2, -0.15) is 18.3 Å². The van der Waals surface area contributed by atoms with Crippen LogP contribution in [0.1, 0.15) is 19.4 Å². The van der Waals surface area contributed by atoms with Crippen molar-refractivity contribution in [3.8, 4) is 22.6 Å². The Labute approximate surface area is 205 Å². The number of nitrogens with zero attached hydrogens (tertiary/aromatic N) is 2. The summed E-state index contributed by atoms with van der Waals surface area (Å²) in [5.41, 5.74) is 3.50. The quantitative estimate of drug-likeness (QED) is 0.406. The van der Waals surface area contributed by atoms with E-state index in [1.165, 1.54) is 0 Å². The van der Waals surface area contributed by atoms with E-state index in [1.54, 1.807) is 25.3 Å². The standard InChI is InChI=1S/C22H26N4O3.C2HF3O2/c1-15(2)26(14-16-6-5-7-19(10-16)28-3)22(27)25-20-9-8-17(11-21(20)29-4)18-12-23-24-13-18;3-2(4,5)1(6)7/h5-13,15H,14H2,1-4H3,(H,23,24)(H,25,27);(H,6,7). The first-order valence-electron chi connectivity index (χ1n) is 10.6. The van der Waals surface area contributed by atoms with Crippen molar-refractivity contribution in [1.29, 1.82) is 0 Å². The van der Waals surface area contributed by atoms with Gasteiger partial charge in [-0.15, -0.1) is 0 Å². The van der Waals surface area contributed by atoms with Gasteiger partial charge in [0.25, 0.3) is 0 Å². The number of nitrogens with one attached hydrogen (secondary N) is 2. The number of ether oxygens (including phenoxy) is 2. The molecule has 0 aliphatic rings. The van der Waals surface area contributed by atoms with Crippen LogP contribution in [-0.4, -0.2) is 58.6 Å². The molecule has 0 saturated carbocycles. The number of halogens is 3. The zero-order valence-corrected chi connectivity index (χ0v) is 20.1. The third kappa shape index (κ3) is 7.93. The maximum atomic E-state index is 13.0. The average Bonchev–Trinajstić information content (AvgIpc) is 3.37. The van der Waals surface area contributed by atoms with E-state index in [1.807, 2.05) is 62.5 Å². The lowest BCUT2D eigenvalue weighted by molar-refractivity contribution is -0.192. The molecule has 1 heterocycles. The van der Waals surface area contributed by atoms with E-state index in [9.17, 15) is 18.0 Å². The Morgan fingerprint density at radius 3 is 2.33 bits per heavy atom. The van der Waals surface area contributed by atoms with Crippen LogP contribution in [0.4, 0.5) is 23.7 Å². The molecule has 0 saturated heterocycles. The van der Waals surface area contributed by atoms with Crippen LogP contribution in [0.5, 0.6) is 11.5 Å². The first-order chi connectivity index (χ1) is 17.0. The fourth-order valence-electron chi connectivity index (χ4n) is 3.03. The molecule has 3 aromatic rings. The van der Waals surface area contributed by atoms with Crippen molar-refractivity contribution in [2.45, 2.75) is 32.6 Å². The predicted molar refractivity (Wildman–Crippen MR) is 127 cm³/mol. The monoisotopic (exact) mass is 508 g/mol. The highest BCUT2D eigenvalue weighted by Gasteiger charge is 2.38. The topological polar surface area (TPSA) is 117 Å². The summed E-state index contributed by atoms with van der Waals surface area (Å²) < 4.78 is 42.5. The third-order valence-electron chi connectivity index (χ3n) is 4.89. The van der Waals surface area contributed by atoms with Crippen molar-refractivity contribution < 1.29 is 37.3 Å². The second-order valence-corrected chi connectivity index (χ2v) is 7.71.